The fraction of sp³-hybridized carbons (Fsp3) is 0.571. The summed E-state index contributed by atoms with van der Waals surface area (Å²) in [5.74, 6) is 0. The average molecular weight is 253 g/mol. The molecule has 0 saturated carbocycles. The van der Waals surface area contributed by atoms with Gasteiger partial charge in [-0.15, -0.1) is 0 Å². The number of rotatable bonds is 4. The predicted molar refractivity (Wildman–Crippen MR) is 74.6 cm³/mol. The van der Waals surface area contributed by atoms with E-state index in [-0.39, 0.29) is 0 Å². The highest BCUT2D eigenvalue weighted by Gasteiger charge is 2.13. The minimum atomic E-state index is -0.879. The Balaban J connectivity index is 2.60. The molecule has 96 valence electrons. The first-order valence-corrected chi connectivity index (χ1v) is 7.45. The normalized spacial score (nSPS) is 14.0. The van der Waals surface area contributed by atoms with Crippen LogP contribution in [0.3, 0.4) is 0 Å². The van der Waals surface area contributed by atoms with Crippen LogP contribution in [0.2, 0.25) is 0 Å². The number of nitrogens with zero attached hydrogens (tertiary/aromatic N) is 1. The van der Waals surface area contributed by atoms with E-state index in [4.69, 9.17) is 0 Å². The van der Waals surface area contributed by atoms with Crippen LogP contribution in [0, 0.1) is 5.41 Å². The SMILES string of the molecule is CN(Cc1ccc([S@](C)=O)cc1)CC(C)(C)C. The molecule has 17 heavy (non-hydrogen) atoms. The summed E-state index contributed by atoms with van der Waals surface area (Å²) in [7, 11) is 1.26. The zero-order valence-corrected chi connectivity index (χ0v) is 12.3. The summed E-state index contributed by atoms with van der Waals surface area (Å²) in [5.41, 5.74) is 1.59. The van der Waals surface area contributed by atoms with Crippen molar-refractivity contribution in [2.75, 3.05) is 19.8 Å². The highest BCUT2D eigenvalue weighted by Crippen LogP contribution is 2.16. The molecule has 0 amide bonds. The summed E-state index contributed by atoms with van der Waals surface area (Å²) in [6.45, 7) is 8.73. The van der Waals surface area contributed by atoms with Crippen LogP contribution >= 0.6 is 0 Å². The molecule has 3 heteroatoms. The Bertz CT molecular complexity index is 378. The van der Waals surface area contributed by atoms with Crippen LogP contribution in [0.15, 0.2) is 29.2 Å². The quantitative estimate of drug-likeness (QED) is 0.822. The van der Waals surface area contributed by atoms with Crippen LogP contribution in [-0.4, -0.2) is 29.0 Å². The van der Waals surface area contributed by atoms with Crippen LogP contribution in [0.4, 0.5) is 0 Å². The van der Waals surface area contributed by atoms with Crippen LogP contribution in [0.1, 0.15) is 26.3 Å². The molecule has 1 atom stereocenters. The molecule has 1 rings (SSSR count). The second-order valence-corrected chi connectivity index (χ2v) is 7.21. The summed E-state index contributed by atoms with van der Waals surface area (Å²) in [5, 5.41) is 0. The molecule has 0 aromatic heterocycles. The Labute approximate surface area is 107 Å². The summed E-state index contributed by atoms with van der Waals surface area (Å²) in [6, 6.07) is 8.04. The van der Waals surface area contributed by atoms with Gasteiger partial charge in [-0.1, -0.05) is 32.9 Å². The molecule has 0 aliphatic carbocycles. The van der Waals surface area contributed by atoms with Crippen molar-refractivity contribution in [1.29, 1.82) is 0 Å². The van der Waals surface area contributed by atoms with E-state index in [1.807, 2.05) is 12.1 Å². The second kappa shape index (κ2) is 5.78. The van der Waals surface area contributed by atoms with E-state index in [0.29, 0.717) is 5.41 Å². The smallest absolute Gasteiger partial charge is 0.0498 e. The highest BCUT2D eigenvalue weighted by molar-refractivity contribution is 7.84. The van der Waals surface area contributed by atoms with Crippen molar-refractivity contribution in [1.82, 2.24) is 4.90 Å². The highest BCUT2D eigenvalue weighted by atomic mass is 32.2. The predicted octanol–water partition coefficient (Wildman–Crippen LogP) is 2.90. The average Bonchev–Trinajstić information content (AvgIpc) is 2.15. The van der Waals surface area contributed by atoms with Crippen molar-refractivity contribution in [3.8, 4) is 0 Å². The third kappa shape index (κ3) is 5.46. The van der Waals surface area contributed by atoms with Gasteiger partial charge in [0, 0.05) is 35.0 Å². The third-order valence-electron chi connectivity index (χ3n) is 2.45. The first-order valence-electron chi connectivity index (χ1n) is 5.89. The molecular weight excluding hydrogens is 230 g/mol. The molecular formula is C14H23NOS. The fourth-order valence-electron chi connectivity index (χ4n) is 1.96. The fourth-order valence-corrected chi connectivity index (χ4v) is 2.48. The van der Waals surface area contributed by atoms with Gasteiger partial charge in [0.25, 0.3) is 0 Å². The van der Waals surface area contributed by atoms with E-state index in [0.717, 1.165) is 18.0 Å². The van der Waals surface area contributed by atoms with Crippen LogP contribution < -0.4 is 0 Å². The summed E-state index contributed by atoms with van der Waals surface area (Å²) in [6.07, 6.45) is 1.71. The van der Waals surface area contributed by atoms with Gasteiger partial charge in [-0.25, -0.2) is 0 Å². The molecule has 0 saturated heterocycles. The van der Waals surface area contributed by atoms with Crippen LogP contribution in [0.25, 0.3) is 0 Å². The van der Waals surface area contributed by atoms with Gasteiger partial charge in [-0.05, 0) is 30.2 Å². The molecule has 0 bridgehead atoms. The Kier molecular flexibility index (Phi) is 4.90. The maximum absolute atomic E-state index is 11.3. The van der Waals surface area contributed by atoms with Crippen molar-refractivity contribution in [3.05, 3.63) is 29.8 Å². The van der Waals surface area contributed by atoms with Crippen molar-refractivity contribution in [2.45, 2.75) is 32.2 Å². The van der Waals surface area contributed by atoms with E-state index in [2.05, 4.69) is 44.9 Å². The largest absolute Gasteiger partial charge is 0.302 e. The van der Waals surface area contributed by atoms with Gasteiger partial charge in [-0.2, -0.15) is 0 Å². The molecule has 0 unspecified atom stereocenters. The van der Waals surface area contributed by atoms with E-state index < -0.39 is 10.8 Å². The van der Waals surface area contributed by atoms with E-state index in [1.165, 1.54) is 5.56 Å². The second-order valence-electron chi connectivity index (χ2n) is 5.83. The molecule has 1 aromatic rings. The lowest BCUT2D eigenvalue weighted by Crippen LogP contribution is -2.28. The zero-order chi connectivity index (χ0) is 13.1. The lowest BCUT2D eigenvalue weighted by atomic mass is 9.96. The summed E-state index contributed by atoms with van der Waals surface area (Å²) >= 11 is 0. The van der Waals surface area contributed by atoms with E-state index >= 15 is 0 Å². The van der Waals surface area contributed by atoms with E-state index in [9.17, 15) is 4.21 Å². The third-order valence-corrected chi connectivity index (χ3v) is 3.39. The van der Waals surface area contributed by atoms with Gasteiger partial charge in [0.1, 0.15) is 0 Å². The minimum Gasteiger partial charge on any atom is -0.302 e. The standard InChI is InChI=1S/C14H23NOS/c1-14(2,3)11-15(4)10-12-6-8-13(9-7-12)17(5)16/h6-9H,10-11H2,1-5H3/t17-/m0/s1. The van der Waals surface area contributed by atoms with E-state index in [1.54, 1.807) is 6.26 Å². The van der Waals surface area contributed by atoms with Crippen molar-refractivity contribution in [2.24, 2.45) is 5.41 Å². The molecule has 0 radical (unpaired) electrons. The summed E-state index contributed by atoms with van der Waals surface area (Å²) in [4.78, 5) is 3.21. The van der Waals surface area contributed by atoms with Gasteiger partial charge in [0.2, 0.25) is 0 Å². The first kappa shape index (κ1) is 14.4. The van der Waals surface area contributed by atoms with Gasteiger partial charge in [0.05, 0.1) is 0 Å². The van der Waals surface area contributed by atoms with Crippen molar-refractivity contribution >= 4 is 10.8 Å². The molecule has 0 spiro atoms. The van der Waals surface area contributed by atoms with Crippen molar-refractivity contribution in [3.63, 3.8) is 0 Å². The molecule has 0 heterocycles. The van der Waals surface area contributed by atoms with Gasteiger partial charge in [0.15, 0.2) is 0 Å². The topological polar surface area (TPSA) is 20.3 Å². The molecule has 0 fully saturated rings. The van der Waals surface area contributed by atoms with Crippen molar-refractivity contribution < 1.29 is 4.21 Å². The van der Waals surface area contributed by atoms with Gasteiger partial charge >= 0.3 is 0 Å². The first-order chi connectivity index (χ1) is 7.78. The zero-order valence-electron chi connectivity index (χ0n) is 11.5. The Morgan fingerprint density at radius 3 is 2.12 bits per heavy atom. The summed E-state index contributed by atoms with van der Waals surface area (Å²) < 4.78 is 11.3. The van der Waals surface area contributed by atoms with Gasteiger partial charge in [-0.3, -0.25) is 4.21 Å². The molecule has 0 aliphatic heterocycles. The van der Waals surface area contributed by atoms with Crippen LogP contribution in [-0.2, 0) is 17.3 Å². The Morgan fingerprint density at radius 2 is 1.71 bits per heavy atom. The lowest BCUT2D eigenvalue weighted by molar-refractivity contribution is 0.221. The molecule has 1 aromatic carbocycles. The maximum Gasteiger partial charge on any atom is 0.0498 e. The minimum absolute atomic E-state index is 0.319. The van der Waals surface area contributed by atoms with Crippen LogP contribution in [0.5, 0.6) is 0 Å². The Hall–Kier alpha value is -0.670. The molecule has 0 N–H and O–H groups in total. The molecule has 0 aliphatic rings. The number of benzene rings is 1. The Morgan fingerprint density at radius 1 is 1.18 bits per heavy atom. The monoisotopic (exact) mass is 253 g/mol. The molecule has 2 nitrogen and oxygen atoms in total. The van der Waals surface area contributed by atoms with Gasteiger partial charge < -0.3 is 4.90 Å². The number of hydrogen-bond donors (Lipinski definition) is 0. The number of hydrogen-bond acceptors (Lipinski definition) is 2. The maximum atomic E-state index is 11.3. The lowest BCUT2D eigenvalue weighted by Gasteiger charge is -2.26.